The first-order valence-electron chi connectivity index (χ1n) is 8.20. The van der Waals surface area contributed by atoms with E-state index in [1.165, 1.54) is 6.07 Å². The quantitative estimate of drug-likeness (QED) is 0.507. The van der Waals surface area contributed by atoms with Gasteiger partial charge in [-0.1, -0.05) is 13.8 Å². The van der Waals surface area contributed by atoms with Gasteiger partial charge in [-0.05, 0) is 64.2 Å². The lowest BCUT2D eigenvalue weighted by molar-refractivity contribution is -0.155. The minimum absolute atomic E-state index is 0.177. The first-order chi connectivity index (χ1) is 10.6. The van der Waals surface area contributed by atoms with Crippen LogP contribution in [0.1, 0.15) is 51.7 Å². The van der Waals surface area contributed by atoms with E-state index in [0.29, 0.717) is 43.3 Å². The van der Waals surface area contributed by atoms with Gasteiger partial charge in [0, 0.05) is 5.56 Å². The van der Waals surface area contributed by atoms with E-state index in [1.54, 1.807) is 6.92 Å². The molecule has 23 heavy (non-hydrogen) atoms. The molecule has 0 spiro atoms. The highest BCUT2D eigenvalue weighted by Gasteiger charge is 2.29. The fourth-order valence-corrected chi connectivity index (χ4v) is 2.17. The number of halogens is 1. The molecule has 0 fully saturated rings. The molecule has 0 saturated heterocycles. The number of ether oxygens (including phenoxy) is 2. The molecule has 0 aromatic heterocycles. The Morgan fingerprint density at radius 1 is 1.26 bits per heavy atom. The second-order valence-corrected chi connectivity index (χ2v) is 7.20. The van der Waals surface area contributed by atoms with Crippen molar-refractivity contribution in [3.05, 3.63) is 29.1 Å². The number of hydrogen-bond donors (Lipinski definition) is 0. The number of esters is 1. The van der Waals surface area contributed by atoms with Crippen LogP contribution in [-0.2, 0) is 9.53 Å². The van der Waals surface area contributed by atoms with Gasteiger partial charge in [-0.15, -0.1) is 0 Å². The number of aryl methyl sites for hydroxylation is 1. The minimum Gasteiger partial charge on any atom is -0.493 e. The normalized spacial score (nSPS) is 11.7. The number of benzene rings is 1. The molecular weight excluding hydrogens is 295 g/mol. The van der Waals surface area contributed by atoms with Gasteiger partial charge in [-0.3, -0.25) is 4.79 Å². The van der Waals surface area contributed by atoms with Crippen molar-refractivity contribution in [3.8, 4) is 5.75 Å². The minimum atomic E-state index is -0.537. The standard InChI is InChI=1S/C19H29FO3/c1-13(2)12-23-18(21)19(5,6)8-7-9-22-17-11-14(3)10-16(20)15(17)4/h10-11,13H,7-9,12H2,1-6H3. The van der Waals surface area contributed by atoms with Gasteiger partial charge in [0.25, 0.3) is 0 Å². The number of carbonyl (C=O) groups excluding carboxylic acids is 1. The molecule has 0 heterocycles. The van der Waals surface area contributed by atoms with Crippen molar-refractivity contribution >= 4 is 5.97 Å². The molecule has 0 bridgehead atoms. The van der Waals surface area contributed by atoms with Crippen LogP contribution in [0.3, 0.4) is 0 Å². The molecule has 0 atom stereocenters. The summed E-state index contributed by atoms with van der Waals surface area (Å²) >= 11 is 0. The molecule has 0 unspecified atom stereocenters. The molecule has 1 aromatic rings. The highest BCUT2D eigenvalue weighted by Crippen LogP contribution is 2.26. The van der Waals surface area contributed by atoms with Crippen molar-refractivity contribution in [2.24, 2.45) is 11.3 Å². The first kappa shape index (κ1) is 19.5. The van der Waals surface area contributed by atoms with Crippen molar-refractivity contribution < 1.29 is 18.7 Å². The fraction of sp³-hybridized carbons (Fsp3) is 0.632. The SMILES string of the molecule is Cc1cc(F)c(C)c(OCCCC(C)(C)C(=O)OCC(C)C)c1. The molecule has 130 valence electrons. The maximum Gasteiger partial charge on any atom is 0.311 e. The predicted octanol–water partition coefficient (Wildman–Crippen LogP) is 4.83. The third-order valence-electron chi connectivity index (χ3n) is 3.75. The van der Waals surface area contributed by atoms with Gasteiger partial charge in [-0.25, -0.2) is 4.39 Å². The van der Waals surface area contributed by atoms with Crippen LogP contribution < -0.4 is 4.74 Å². The molecule has 4 heteroatoms. The Bertz CT molecular complexity index is 536. The fourth-order valence-electron chi connectivity index (χ4n) is 2.17. The van der Waals surface area contributed by atoms with Crippen LogP contribution in [0.25, 0.3) is 0 Å². The van der Waals surface area contributed by atoms with Gasteiger partial charge in [-0.2, -0.15) is 0 Å². The molecule has 0 aliphatic rings. The third-order valence-corrected chi connectivity index (χ3v) is 3.75. The summed E-state index contributed by atoms with van der Waals surface area (Å²) in [5, 5.41) is 0. The average molecular weight is 324 g/mol. The van der Waals surface area contributed by atoms with Crippen molar-refractivity contribution in [3.63, 3.8) is 0 Å². The molecule has 0 radical (unpaired) electrons. The summed E-state index contributed by atoms with van der Waals surface area (Å²) in [7, 11) is 0. The number of rotatable bonds is 8. The zero-order valence-corrected chi connectivity index (χ0v) is 15.2. The summed E-state index contributed by atoms with van der Waals surface area (Å²) in [5.74, 6) is 0.474. The van der Waals surface area contributed by atoms with Gasteiger partial charge >= 0.3 is 5.97 Å². The zero-order chi connectivity index (χ0) is 17.6. The summed E-state index contributed by atoms with van der Waals surface area (Å²) in [6.07, 6.45) is 1.37. The van der Waals surface area contributed by atoms with E-state index in [4.69, 9.17) is 9.47 Å². The van der Waals surface area contributed by atoms with Gasteiger partial charge in [0.2, 0.25) is 0 Å². The Hall–Kier alpha value is -1.58. The van der Waals surface area contributed by atoms with Crippen LogP contribution in [0.4, 0.5) is 4.39 Å². The second kappa shape index (κ2) is 8.32. The Morgan fingerprint density at radius 3 is 2.52 bits per heavy atom. The van der Waals surface area contributed by atoms with Crippen LogP contribution in [0.5, 0.6) is 5.75 Å². The van der Waals surface area contributed by atoms with E-state index in [1.807, 2.05) is 40.7 Å². The van der Waals surface area contributed by atoms with Crippen molar-refractivity contribution in [2.45, 2.75) is 54.4 Å². The molecule has 0 aliphatic carbocycles. The van der Waals surface area contributed by atoms with Gasteiger partial charge in [0.15, 0.2) is 0 Å². The smallest absolute Gasteiger partial charge is 0.311 e. The van der Waals surface area contributed by atoms with E-state index in [2.05, 4.69) is 0 Å². The zero-order valence-electron chi connectivity index (χ0n) is 15.2. The molecular formula is C19H29FO3. The first-order valence-corrected chi connectivity index (χ1v) is 8.20. The van der Waals surface area contributed by atoms with E-state index in [-0.39, 0.29) is 11.8 Å². The third kappa shape index (κ3) is 6.20. The predicted molar refractivity (Wildman–Crippen MR) is 90.2 cm³/mol. The van der Waals surface area contributed by atoms with Crippen LogP contribution in [-0.4, -0.2) is 19.2 Å². The number of hydrogen-bond acceptors (Lipinski definition) is 3. The van der Waals surface area contributed by atoms with E-state index >= 15 is 0 Å². The summed E-state index contributed by atoms with van der Waals surface area (Å²) in [4.78, 5) is 12.1. The molecule has 0 amide bonds. The highest BCUT2D eigenvalue weighted by atomic mass is 19.1. The topological polar surface area (TPSA) is 35.5 Å². The summed E-state index contributed by atoms with van der Waals surface area (Å²) < 4.78 is 24.6. The van der Waals surface area contributed by atoms with E-state index in [0.717, 1.165) is 5.56 Å². The summed E-state index contributed by atoms with van der Waals surface area (Å²) in [6, 6.07) is 3.33. The Labute approximate surface area is 139 Å². The van der Waals surface area contributed by atoms with Crippen LogP contribution >= 0.6 is 0 Å². The van der Waals surface area contributed by atoms with E-state index in [9.17, 15) is 9.18 Å². The van der Waals surface area contributed by atoms with Crippen molar-refractivity contribution in [2.75, 3.05) is 13.2 Å². The lowest BCUT2D eigenvalue weighted by Gasteiger charge is -2.23. The summed E-state index contributed by atoms with van der Waals surface area (Å²) in [6.45, 7) is 12.2. The Balaban J connectivity index is 2.46. The molecule has 1 rings (SSSR count). The van der Waals surface area contributed by atoms with Gasteiger partial charge < -0.3 is 9.47 Å². The molecule has 1 aromatic carbocycles. The Kier molecular flexibility index (Phi) is 7.04. The average Bonchev–Trinajstić information content (AvgIpc) is 2.45. The monoisotopic (exact) mass is 324 g/mol. The Morgan fingerprint density at radius 2 is 1.91 bits per heavy atom. The maximum atomic E-state index is 13.7. The van der Waals surface area contributed by atoms with Crippen LogP contribution in [0, 0.1) is 31.0 Å². The van der Waals surface area contributed by atoms with Crippen molar-refractivity contribution in [1.82, 2.24) is 0 Å². The highest BCUT2D eigenvalue weighted by molar-refractivity contribution is 5.75. The van der Waals surface area contributed by atoms with Gasteiger partial charge in [0.1, 0.15) is 11.6 Å². The lowest BCUT2D eigenvalue weighted by Crippen LogP contribution is -2.28. The molecule has 0 N–H and O–H groups in total. The summed E-state index contributed by atoms with van der Waals surface area (Å²) in [5.41, 5.74) is 0.817. The van der Waals surface area contributed by atoms with Crippen LogP contribution in [0.2, 0.25) is 0 Å². The number of carbonyl (C=O) groups is 1. The molecule has 3 nitrogen and oxygen atoms in total. The van der Waals surface area contributed by atoms with Crippen LogP contribution in [0.15, 0.2) is 12.1 Å². The van der Waals surface area contributed by atoms with Crippen molar-refractivity contribution in [1.29, 1.82) is 0 Å². The van der Waals surface area contributed by atoms with Gasteiger partial charge in [0.05, 0.1) is 18.6 Å². The molecule has 0 aliphatic heterocycles. The second-order valence-electron chi connectivity index (χ2n) is 7.20. The largest absolute Gasteiger partial charge is 0.493 e. The molecule has 0 saturated carbocycles. The lowest BCUT2D eigenvalue weighted by atomic mass is 9.88. The maximum absolute atomic E-state index is 13.7. The van der Waals surface area contributed by atoms with E-state index < -0.39 is 5.41 Å².